The Kier molecular flexibility index (Phi) is 8.65. The van der Waals surface area contributed by atoms with E-state index in [4.69, 9.17) is 14.6 Å². The zero-order valence-electron chi connectivity index (χ0n) is 20.5. The number of nitrogens with zero attached hydrogens (tertiary/aromatic N) is 1. The summed E-state index contributed by atoms with van der Waals surface area (Å²) in [6.07, 6.45) is -3.66. The van der Waals surface area contributed by atoms with E-state index in [1.807, 2.05) is 30.3 Å². The van der Waals surface area contributed by atoms with Gasteiger partial charge in [0.05, 0.1) is 12.2 Å². The van der Waals surface area contributed by atoms with Crippen molar-refractivity contribution < 1.29 is 32.5 Å². The Hall–Kier alpha value is -3.89. The van der Waals surface area contributed by atoms with Crippen molar-refractivity contribution in [3.8, 4) is 5.75 Å². The number of hydrogen-bond donors (Lipinski definition) is 3. The lowest BCUT2D eigenvalue weighted by atomic mass is 9.91. The molecule has 0 spiro atoms. The maximum Gasteiger partial charge on any atom is 0.416 e. The van der Waals surface area contributed by atoms with E-state index in [0.717, 1.165) is 17.7 Å². The van der Waals surface area contributed by atoms with Crippen LogP contribution < -0.4 is 15.6 Å². The third-order valence-electron chi connectivity index (χ3n) is 5.95. The van der Waals surface area contributed by atoms with Crippen molar-refractivity contribution in [2.24, 2.45) is 4.99 Å². The smallest absolute Gasteiger partial charge is 0.416 e. The fourth-order valence-corrected chi connectivity index (χ4v) is 3.96. The first kappa shape index (κ1) is 27.2. The van der Waals surface area contributed by atoms with Crippen molar-refractivity contribution in [1.82, 2.24) is 10.9 Å². The average molecular weight is 528 g/mol. The predicted molar refractivity (Wildman–Crippen MR) is 135 cm³/mol. The van der Waals surface area contributed by atoms with Crippen LogP contribution in [-0.2, 0) is 28.7 Å². The molecule has 0 bridgehead atoms. The Morgan fingerprint density at radius 2 is 1.76 bits per heavy atom. The number of hydrazine groups is 1. The third kappa shape index (κ3) is 6.90. The van der Waals surface area contributed by atoms with Crippen LogP contribution in [0.3, 0.4) is 0 Å². The Morgan fingerprint density at radius 3 is 2.47 bits per heavy atom. The maximum absolute atomic E-state index is 13.4. The van der Waals surface area contributed by atoms with Gasteiger partial charge in [-0.25, -0.2) is 10.4 Å². The molecule has 38 heavy (non-hydrogen) atoms. The number of halogens is 3. The standard InChI is InChI=1S/C28H28F3N3O4/c29-28(30,31)23-9-4-8-21(16-23)18-32-34-26(36)27(17-20-6-2-1-3-7-20)19-38-25(33-27)22-10-12-24(13-11-22)37-15-5-14-35/h1-4,6-13,16,32,35H,5,14-15,17-19H2,(H,34,36)/t27-/m0/s1. The molecule has 0 radical (unpaired) electrons. The summed E-state index contributed by atoms with van der Waals surface area (Å²) in [5.41, 5.74) is 5.20. The summed E-state index contributed by atoms with van der Waals surface area (Å²) in [6.45, 7) is 0.416. The summed E-state index contributed by atoms with van der Waals surface area (Å²) in [6, 6.07) is 21.3. The lowest BCUT2D eigenvalue weighted by Gasteiger charge is -2.23. The molecule has 0 unspecified atom stereocenters. The van der Waals surface area contributed by atoms with Crippen molar-refractivity contribution in [3.05, 3.63) is 101 Å². The zero-order valence-corrected chi connectivity index (χ0v) is 20.5. The quantitative estimate of drug-likeness (QED) is 0.259. The van der Waals surface area contributed by atoms with Crippen LogP contribution in [0.4, 0.5) is 13.2 Å². The van der Waals surface area contributed by atoms with Crippen LogP contribution in [0.25, 0.3) is 0 Å². The van der Waals surface area contributed by atoms with Crippen LogP contribution in [0.5, 0.6) is 5.75 Å². The monoisotopic (exact) mass is 527 g/mol. The summed E-state index contributed by atoms with van der Waals surface area (Å²) in [5, 5.41) is 8.89. The molecule has 0 aliphatic carbocycles. The van der Waals surface area contributed by atoms with Gasteiger partial charge in [0, 0.05) is 31.6 Å². The largest absolute Gasteiger partial charge is 0.494 e. The molecule has 1 aliphatic heterocycles. The highest BCUT2D eigenvalue weighted by Gasteiger charge is 2.44. The van der Waals surface area contributed by atoms with Gasteiger partial charge in [-0.3, -0.25) is 10.2 Å². The number of amides is 1. The van der Waals surface area contributed by atoms with Gasteiger partial charge in [0.25, 0.3) is 5.91 Å². The highest BCUT2D eigenvalue weighted by Crippen LogP contribution is 2.30. The molecule has 0 saturated carbocycles. The van der Waals surface area contributed by atoms with Gasteiger partial charge < -0.3 is 14.6 Å². The van der Waals surface area contributed by atoms with Gasteiger partial charge in [0.1, 0.15) is 12.4 Å². The van der Waals surface area contributed by atoms with Crippen molar-refractivity contribution in [2.45, 2.75) is 31.1 Å². The number of carbonyl (C=O) groups excluding carboxylic acids is 1. The van der Waals surface area contributed by atoms with E-state index in [-0.39, 0.29) is 26.2 Å². The summed E-state index contributed by atoms with van der Waals surface area (Å²) in [7, 11) is 0. The molecular formula is C28H28F3N3O4. The Labute approximate surface area is 218 Å². The third-order valence-corrected chi connectivity index (χ3v) is 5.95. The second kappa shape index (κ2) is 12.1. The van der Waals surface area contributed by atoms with E-state index in [0.29, 0.717) is 35.8 Å². The summed E-state index contributed by atoms with van der Waals surface area (Å²) in [4.78, 5) is 18.1. The molecule has 1 heterocycles. The molecule has 10 heteroatoms. The minimum Gasteiger partial charge on any atom is -0.494 e. The summed E-state index contributed by atoms with van der Waals surface area (Å²) in [5.74, 6) is 0.469. The predicted octanol–water partition coefficient (Wildman–Crippen LogP) is 4.05. The molecule has 0 aromatic heterocycles. The van der Waals surface area contributed by atoms with Gasteiger partial charge >= 0.3 is 6.18 Å². The highest BCUT2D eigenvalue weighted by molar-refractivity contribution is 6.00. The second-order valence-electron chi connectivity index (χ2n) is 8.86. The van der Waals surface area contributed by atoms with Crippen molar-refractivity contribution >= 4 is 11.8 Å². The SMILES string of the molecule is O=C(NNCc1cccc(C(F)(F)F)c1)[C@]1(Cc2ccccc2)COC(c2ccc(OCCCO)cc2)=N1. The fourth-order valence-electron chi connectivity index (χ4n) is 3.96. The minimum atomic E-state index is -4.45. The molecule has 1 amide bonds. The molecule has 200 valence electrons. The molecule has 1 aliphatic rings. The number of carbonyl (C=O) groups is 1. The molecule has 3 aromatic carbocycles. The van der Waals surface area contributed by atoms with Gasteiger partial charge in [-0.1, -0.05) is 48.5 Å². The van der Waals surface area contributed by atoms with Crippen LogP contribution in [0.15, 0.2) is 83.9 Å². The zero-order chi connectivity index (χ0) is 27.0. The normalized spacial score (nSPS) is 17.0. The van der Waals surface area contributed by atoms with E-state index in [9.17, 15) is 18.0 Å². The number of hydrogen-bond acceptors (Lipinski definition) is 6. The molecule has 1 atom stereocenters. The number of aliphatic imine (C=N–C) groups is 1. The maximum atomic E-state index is 13.4. The van der Waals surface area contributed by atoms with Crippen LogP contribution >= 0.6 is 0 Å². The summed E-state index contributed by atoms with van der Waals surface area (Å²) < 4.78 is 50.5. The summed E-state index contributed by atoms with van der Waals surface area (Å²) >= 11 is 0. The van der Waals surface area contributed by atoms with E-state index in [1.54, 1.807) is 30.3 Å². The van der Waals surface area contributed by atoms with E-state index >= 15 is 0 Å². The number of aliphatic hydroxyl groups excluding tert-OH is 1. The van der Waals surface area contributed by atoms with Gasteiger partial charge in [0.2, 0.25) is 5.90 Å². The van der Waals surface area contributed by atoms with Gasteiger partial charge in [-0.2, -0.15) is 13.2 Å². The lowest BCUT2D eigenvalue weighted by molar-refractivity contribution is -0.137. The van der Waals surface area contributed by atoms with Gasteiger partial charge in [-0.15, -0.1) is 0 Å². The molecule has 7 nitrogen and oxygen atoms in total. The number of benzene rings is 3. The Morgan fingerprint density at radius 1 is 1.03 bits per heavy atom. The molecule has 3 N–H and O–H groups in total. The van der Waals surface area contributed by atoms with E-state index in [2.05, 4.69) is 15.8 Å². The van der Waals surface area contributed by atoms with Gasteiger partial charge in [0.15, 0.2) is 5.54 Å². The highest BCUT2D eigenvalue weighted by atomic mass is 19.4. The second-order valence-corrected chi connectivity index (χ2v) is 8.86. The first-order chi connectivity index (χ1) is 18.3. The number of ether oxygens (including phenoxy) is 2. The average Bonchev–Trinajstić information content (AvgIpc) is 3.35. The molecular weight excluding hydrogens is 499 g/mol. The Bertz CT molecular complexity index is 1250. The van der Waals surface area contributed by atoms with Crippen molar-refractivity contribution in [1.29, 1.82) is 0 Å². The topological polar surface area (TPSA) is 92.2 Å². The lowest BCUT2D eigenvalue weighted by Crippen LogP contribution is -2.52. The van der Waals surface area contributed by atoms with Crippen molar-refractivity contribution in [2.75, 3.05) is 19.8 Å². The van der Waals surface area contributed by atoms with Crippen LogP contribution in [-0.4, -0.2) is 42.3 Å². The molecule has 3 aromatic rings. The number of nitrogens with one attached hydrogen (secondary N) is 2. The number of alkyl halides is 3. The van der Waals surface area contributed by atoms with Crippen LogP contribution in [0.2, 0.25) is 0 Å². The van der Waals surface area contributed by atoms with Crippen molar-refractivity contribution in [3.63, 3.8) is 0 Å². The van der Waals surface area contributed by atoms with E-state index < -0.39 is 23.2 Å². The first-order valence-electron chi connectivity index (χ1n) is 12.1. The molecule has 4 rings (SSSR count). The minimum absolute atomic E-state index is 0.00769. The van der Waals surface area contributed by atoms with Gasteiger partial charge in [-0.05, 0) is 41.5 Å². The van der Waals surface area contributed by atoms with Crippen LogP contribution in [0, 0.1) is 0 Å². The molecule has 0 fully saturated rings. The fraction of sp³-hybridized carbons (Fsp3) is 0.286. The first-order valence-corrected chi connectivity index (χ1v) is 12.1. The Balaban J connectivity index is 1.48. The van der Waals surface area contributed by atoms with E-state index in [1.165, 1.54) is 6.07 Å². The number of aliphatic hydroxyl groups is 1. The number of rotatable bonds is 11. The van der Waals surface area contributed by atoms with Crippen LogP contribution in [0.1, 0.15) is 28.7 Å². The molecule has 0 saturated heterocycles.